The van der Waals surface area contributed by atoms with Gasteiger partial charge in [0.25, 0.3) is 5.91 Å². The lowest BCUT2D eigenvalue weighted by atomic mass is 9.98. The molecule has 0 atom stereocenters. The molecule has 5 nitrogen and oxygen atoms in total. The second-order valence-electron chi connectivity index (χ2n) is 5.70. The number of hydrogen-bond donors (Lipinski definition) is 2. The van der Waals surface area contributed by atoms with Gasteiger partial charge in [-0.15, -0.1) is 47.5 Å². The van der Waals surface area contributed by atoms with E-state index in [1.807, 2.05) is 17.7 Å². The predicted octanol–water partition coefficient (Wildman–Crippen LogP) is 3.45. The largest absolute Gasteiger partial charge is 0.339 e. The zero-order chi connectivity index (χ0) is 15.6. The number of nitrogens with two attached hydrogens (primary N) is 1. The van der Waals surface area contributed by atoms with Crippen molar-refractivity contribution in [1.82, 2.24) is 15.3 Å². The third-order valence-electron chi connectivity index (χ3n) is 3.98. The Bertz CT molecular complexity index is 668. The average molecular weight is 409 g/mol. The zero-order valence-electron chi connectivity index (χ0n) is 13.4. The number of amides is 1. The SMILES string of the molecule is Cc1csc(C2(NC(=O)c3csc(CCN)n3)CCCC2)n1.Cl.Cl. The zero-order valence-corrected chi connectivity index (χ0v) is 16.7. The van der Waals surface area contributed by atoms with E-state index in [2.05, 4.69) is 15.3 Å². The molecule has 0 aromatic carbocycles. The van der Waals surface area contributed by atoms with Gasteiger partial charge in [0.1, 0.15) is 10.7 Å². The first kappa shape index (κ1) is 21.3. The Morgan fingerprint density at radius 2 is 1.96 bits per heavy atom. The second kappa shape index (κ2) is 9.10. The lowest BCUT2D eigenvalue weighted by Crippen LogP contribution is -2.44. The summed E-state index contributed by atoms with van der Waals surface area (Å²) in [7, 11) is 0. The molecule has 134 valence electrons. The van der Waals surface area contributed by atoms with Crippen LogP contribution in [0, 0.1) is 6.92 Å². The number of thiazole rings is 2. The van der Waals surface area contributed by atoms with Gasteiger partial charge in [0.2, 0.25) is 0 Å². The van der Waals surface area contributed by atoms with E-state index >= 15 is 0 Å². The maximum absolute atomic E-state index is 12.6. The van der Waals surface area contributed by atoms with Crippen LogP contribution in [0.15, 0.2) is 10.8 Å². The maximum Gasteiger partial charge on any atom is 0.271 e. The predicted molar refractivity (Wildman–Crippen MR) is 104 cm³/mol. The number of halogens is 2. The normalized spacial score (nSPS) is 15.4. The summed E-state index contributed by atoms with van der Waals surface area (Å²) in [6.45, 7) is 2.54. The lowest BCUT2D eigenvalue weighted by molar-refractivity contribution is 0.0893. The van der Waals surface area contributed by atoms with Gasteiger partial charge in [0, 0.05) is 22.9 Å². The van der Waals surface area contributed by atoms with Crippen molar-refractivity contribution in [3.05, 3.63) is 32.2 Å². The number of aryl methyl sites for hydroxylation is 1. The number of hydrogen-bond acceptors (Lipinski definition) is 6. The Labute approximate surface area is 162 Å². The minimum absolute atomic E-state index is 0. The van der Waals surface area contributed by atoms with Crippen LogP contribution in [0.25, 0.3) is 0 Å². The lowest BCUT2D eigenvalue weighted by Gasteiger charge is -2.27. The van der Waals surface area contributed by atoms with Gasteiger partial charge in [0.05, 0.1) is 10.5 Å². The van der Waals surface area contributed by atoms with E-state index in [9.17, 15) is 4.79 Å². The van der Waals surface area contributed by atoms with E-state index in [4.69, 9.17) is 5.73 Å². The number of rotatable bonds is 5. The molecular formula is C15H22Cl2N4OS2. The molecule has 0 spiro atoms. The van der Waals surface area contributed by atoms with E-state index in [0.29, 0.717) is 12.2 Å². The van der Waals surface area contributed by atoms with E-state index < -0.39 is 0 Å². The van der Waals surface area contributed by atoms with Gasteiger partial charge in [0.15, 0.2) is 0 Å². The van der Waals surface area contributed by atoms with Crippen molar-refractivity contribution in [3.8, 4) is 0 Å². The molecule has 1 fully saturated rings. The third kappa shape index (κ3) is 4.46. The molecule has 1 amide bonds. The summed E-state index contributed by atoms with van der Waals surface area (Å²) in [5.41, 5.74) is 6.73. The molecule has 1 saturated carbocycles. The van der Waals surface area contributed by atoms with Crippen molar-refractivity contribution in [2.45, 2.75) is 44.6 Å². The summed E-state index contributed by atoms with van der Waals surface area (Å²) in [6.07, 6.45) is 4.86. The van der Waals surface area contributed by atoms with Crippen LogP contribution < -0.4 is 11.1 Å². The summed E-state index contributed by atoms with van der Waals surface area (Å²) < 4.78 is 0. The van der Waals surface area contributed by atoms with E-state index in [1.165, 1.54) is 11.3 Å². The molecule has 0 saturated heterocycles. The van der Waals surface area contributed by atoms with Gasteiger partial charge < -0.3 is 11.1 Å². The maximum atomic E-state index is 12.6. The van der Waals surface area contributed by atoms with Crippen LogP contribution in [0.1, 0.15) is 51.9 Å². The van der Waals surface area contributed by atoms with Crippen molar-refractivity contribution in [2.24, 2.45) is 5.73 Å². The van der Waals surface area contributed by atoms with Crippen molar-refractivity contribution in [3.63, 3.8) is 0 Å². The van der Waals surface area contributed by atoms with Crippen LogP contribution in [-0.2, 0) is 12.0 Å². The summed E-state index contributed by atoms with van der Waals surface area (Å²) >= 11 is 3.13. The first-order valence-electron chi connectivity index (χ1n) is 7.52. The minimum atomic E-state index is -0.312. The highest BCUT2D eigenvalue weighted by Gasteiger charge is 2.40. The highest BCUT2D eigenvalue weighted by Crippen LogP contribution is 2.40. The summed E-state index contributed by atoms with van der Waals surface area (Å²) in [4.78, 5) is 21.6. The Balaban J connectivity index is 0.00000144. The topological polar surface area (TPSA) is 80.9 Å². The molecule has 0 bridgehead atoms. The van der Waals surface area contributed by atoms with Gasteiger partial charge in [-0.2, -0.15) is 0 Å². The summed E-state index contributed by atoms with van der Waals surface area (Å²) in [5.74, 6) is -0.103. The average Bonchev–Trinajstić information content (AvgIpc) is 3.20. The highest BCUT2D eigenvalue weighted by molar-refractivity contribution is 7.10. The first-order chi connectivity index (χ1) is 10.6. The van der Waals surface area contributed by atoms with Crippen molar-refractivity contribution < 1.29 is 4.79 Å². The molecule has 0 radical (unpaired) electrons. The molecule has 0 aliphatic heterocycles. The Morgan fingerprint density at radius 3 is 2.54 bits per heavy atom. The summed E-state index contributed by atoms with van der Waals surface area (Å²) in [6, 6.07) is 0. The number of carbonyl (C=O) groups excluding carboxylic acids is 1. The van der Waals surface area contributed by atoms with Crippen LogP contribution in [0.3, 0.4) is 0 Å². The fourth-order valence-corrected chi connectivity index (χ4v) is 4.69. The standard InChI is InChI=1S/C15H20N4OS2.2ClH/c1-10-8-22-14(17-10)15(5-2-3-6-15)19-13(20)11-9-21-12(18-11)4-7-16;;/h8-9H,2-7,16H2,1H3,(H,19,20);2*1H. The quantitative estimate of drug-likeness (QED) is 0.793. The first-order valence-corrected chi connectivity index (χ1v) is 9.28. The smallest absolute Gasteiger partial charge is 0.271 e. The van der Waals surface area contributed by atoms with Crippen LogP contribution in [0.5, 0.6) is 0 Å². The molecule has 2 aromatic rings. The molecule has 2 aromatic heterocycles. The van der Waals surface area contributed by atoms with Crippen LogP contribution >= 0.6 is 47.5 Å². The van der Waals surface area contributed by atoms with Crippen LogP contribution in [0.2, 0.25) is 0 Å². The van der Waals surface area contributed by atoms with Gasteiger partial charge >= 0.3 is 0 Å². The Hall–Kier alpha value is -0.730. The van der Waals surface area contributed by atoms with Crippen LogP contribution in [-0.4, -0.2) is 22.4 Å². The van der Waals surface area contributed by atoms with E-state index in [0.717, 1.165) is 47.8 Å². The second-order valence-corrected chi connectivity index (χ2v) is 7.50. The van der Waals surface area contributed by atoms with E-state index in [-0.39, 0.29) is 36.3 Å². The van der Waals surface area contributed by atoms with Crippen molar-refractivity contribution in [2.75, 3.05) is 6.54 Å². The molecule has 3 N–H and O–H groups in total. The fourth-order valence-electron chi connectivity index (χ4n) is 2.88. The van der Waals surface area contributed by atoms with Crippen molar-refractivity contribution >= 4 is 53.4 Å². The van der Waals surface area contributed by atoms with Gasteiger partial charge in [-0.1, -0.05) is 12.8 Å². The van der Waals surface area contributed by atoms with Gasteiger partial charge in [-0.05, 0) is 26.3 Å². The van der Waals surface area contributed by atoms with Crippen LogP contribution in [0.4, 0.5) is 0 Å². The highest BCUT2D eigenvalue weighted by atomic mass is 35.5. The molecule has 24 heavy (non-hydrogen) atoms. The molecule has 0 unspecified atom stereocenters. The third-order valence-corrected chi connectivity index (χ3v) is 6.05. The van der Waals surface area contributed by atoms with E-state index in [1.54, 1.807) is 11.3 Å². The van der Waals surface area contributed by atoms with Gasteiger partial charge in [-0.3, -0.25) is 4.79 Å². The number of aromatic nitrogens is 2. The minimum Gasteiger partial charge on any atom is -0.339 e. The monoisotopic (exact) mass is 408 g/mol. The Kier molecular flexibility index (Phi) is 8.08. The molecule has 1 aliphatic carbocycles. The molecule has 1 aliphatic rings. The number of nitrogens with zero attached hydrogens (tertiary/aromatic N) is 2. The van der Waals surface area contributed by atoms with Gasteiger partial charge in [-0.25, -0.2) is 9.97 Å². The molecular weight excluding hydrogens is 387 g/mol. The molecule has 3 rings (SSSR count). The Morgan fingerprint density at radius 1 is 1.25 bits per heavy atom. The number of carbonyl (C=O) groups is 1. The fraction of sp³-hybridized carbons (Fsp3) is 0.533. The number of nitrogens with one attached hydrogen (secondary N) is 1. The molecule has 2 heterocycles. The molecule has 9 heteroatoms. The van der Waals surface area contributed by atoms with Crippen molar-refractivity contribution in [1.29, 1.82) is 0 Å². The summed E-state index contributed by atoms with van der Waals surface area (Å²) in [5, 5.41) is 9.01.